The SMILES string of the molecule is CC(C)c1nc(C2CSc3ccccc3O2)[nH]c(=O)c1I. The maximum Gasteiger partial charge on any atom is 0.264 e. The fourth-order valence-corrected chi connectivity index (χ4v) is 4.05. The molecule has 6 heteroatoms. The van der Waals surface area contributed by atoms with E-state index in [0.717, 1.165) is 22.1 Å². The molecule has 0 bridgehead atoms. The van der Waals surface area contributed by atoms with Gasteiger partial charge in [-0.1, -0.05) is 26.0 Å². The minimum atomic E-state index is -0.216. The molecule has 0 spiro atoms. The quantitative estimate of drug-likeness (QED) is 0.762. The first kappa shape index (κ1) is 14.9. The Hall–Kier alpha value is -1.02. The van der Waals surface area contributed by atoms with Gasteiger partial charge in [-0.15, -0.1) is 11.8 Å². The fourth-order valence-electron chi connectivity index (χ4n) is 2.18. The van der Waals surface area contributed by atoms with Crippen LogP contribution in [0.3, 0.4) is 0 Å². The summed E-state index contributed by atoms with van der Waals surface area (Å²) in [6.45, 7) is 4.08. The van der Waals surface area contributed by atoms with E-state index in [1.165, 1.54) is 0 Å². The average Bonchev–Trinajstić information content (AvgIpc) is 2.49. The molecule has 0 radical (unpaired) electrons. The monoisotopic (exact) mass is 414 g/mol. The number of nitrogens with zero attached hydrogens (tertiary/aromatic N) is 1. The Morgan fingerprint density at radius 3 is 2.95 bits per heavy atom. The normalized spacial score (nSPS) is 17.4. The Morgan fingerprint density at radius 1 is 1.43 bits per heavy atom. The van der Waals surface area contributed by atoms with Crippen molar-refractivity contribution in [2.45, 2.75) is 30.8 Å². The van der Waals surface area contributed by atoms with E-state index in [-0.39, 0.29) is 17.6 Å². The molecule has 3 rings (SSSR count). The van der Waals surface area contributed by atoms with E-state index in [9.17, 15) is 4.79 Å². The fraction of sp³-hybridized carbons (Fsp3) is 0.333. The number of hydrogen-bond acceptors (Lipinski definition) is 4. The van der Waals surface area contributed by atoms with Crippen LogP contribution < -0.4 is 10.3 Å². The van der Waals surface area contributed by atoms with Gasteiger partial charge in [-0.2, -0.15) is 0 Å². The first-order valence-corrected chi connectivity index (χ1v) is 8.80. The van der Waals surface area contributed by atoms with Crippen molar-refractivity contribution in [3.8, 4) is 5.75 Å². The summed E-state index contributed by atoms with van der Waals surface area (Å²) in [6, 6.07) is 7.94. The molecule has 1 atom stereocenters. The second-order valence-corrected chi connectivity index (χ2v) is 7.31. The second-order valence-electron chi connectivity index (χ2n) is 5.17. The van der Waals surface area contributed by atoms with Gasteiger partial charge in [0.2, 0.25) is 0 Å². The van der Waals surface area contributed by atoms with Gasteiger partial charge in [-0.3, -0.25) is 4.79 Å². The lowest BCUT2D eigenvalue weighted by Gasteiger charge is -2.25. The molecule has 0 amide bonds. The molecule has 0 aliphatic carbocycles. The van der Waals surface area contributed by atoms with Crippen LogP contribution >= 0.6 is 34.4 Å². The predicted octanol–water partition coefficient (Wildman–Crippen LogP) is 3.72. The van der Waals surface area contributed by atoms with Crippen molar-refractivity contribution in [1.29, 1.82) is 0 Å². The minimum absolute atomic E-state index is 0.0863. The number of hydrogen-bond donors (Lipinski definition) is 1. The molecule has 4 nitrogen and oxygen atoms in total. The summed E-state index contributed by atoms with van der Waals surface area (Å²) in [4.78, 5) is 20.7. The largest absolute Gasteiger partial charge is 0.480 e. The van der Waals surface area contributed by atoms with Gasteiger partial charge in [0.15, 0.2) is 11.9 Å². The van der Waals surface area contributed by atoms with Gasteiger partial charge in [0.25, 0.3) is 5.56 Å². The van der Waals surface area contributed by atoms with Gasteiger partial charge in [-0.05, 0) is 40.6 Å². The zero-order valence-corrected chi connectivity index (χ0v) is 14.7. The van der Waals surface area contributed by atoms with Crippen LogP contribution in [0.5, 0.6) is 5.75 Å². The minimum Gasteiger partial charge on any atom is -0.480 e. The number of nitrogens with one attached hydrogen (secondary N) is 1. The van der Waals surface area contributed by atoms with Crippen molar-refractivity contribution in [1.82, 2.24) is 9.97 Å². The van der Waals surface area contributed by atoms with Gasteiger partial charge < -0.3 is 9.72 Å². The van der Waals surface area contributed by atoms with E-state index < -0.39 is 0 Å². The Bertz CT molecular complexity index is 730. The molecule has 1 aromatic heterocycles. The van der Waals surface area contributed by atoms with Crippen molar-refractivity contribution < 1.29 is 4.74 Å². The Kier molecular flexibility index (Phi) is 4.26. The highest BCUT2D eigenvalue weighted by Gasteiger charge is 2.25. The van der Waals surface area contributed by atoms with Crippen molar-refractivity contribution in [2.24, 2.45) is 0 Å². The highest BCUT2D eigenvalue weighted by atomic mass is 127. The van der Waals surface area contributed by atoms with E-state index in [0.29, 0.717) is 9.39 Å². The van der Waals surface area contributed by atoms with Crippen LogP contribution in [-0.2, 0) is 0 Å². The molecule has 1 aliphatic heterocycles. The lowest BCUT2D eigenvalue weighted by atomic mass is 10.1. The standard InChI is InChI=1S/C15H15IN2O2S/c1-8(2)13-12(16)15(19)18-14(17-13)10-7-21-11-6-4-3-5-9(11)20-10/h3-6,8,10H,7H2,1-2H3,(H,17,18,19). The molecular formula is C15H15IN2O2S. The molecule has 1 N–H and O–H groups in total. The smallest absolute Gasteiger partial charge is 0.264 e. The number of aromatic amines is 1. The number of fused-ring (bicyclic) bond motifs is 1. The van der Waals surface area contributed by atoms with E-state index in [1.54, 1.807) is 11.8 Å². The van der Waals surface area contributed by atoms with Crippen LogP contribution in [0.1, 0.15) is 37.4 Å². The number of para-hydroxylation sites is 1. The maximum absolute atomic E-state index is 12.1. The number of aromatic nitrogens is 2. The van der Waals surface area contributed by atoms with Gasteiger partial charge in [-0.25, -0.2) is 4.98 Å². The van der Waals surface area contributed by atoms with Crippen LogP contribution in [0.2, 0.25) is 0 Å². The Balaban J connectivity index is 1.97. The highest BCUT2D eigenvalue weighted by molar-refractivity contribution is 14.1. The number of rotatable bonds is 2. The third kappa shape index (κ3) is 2.96. The van der Waals surface area contributed by atoms with Gasteiger partial charge in [0.05, 0.1) is 9.26 Å². The third-order valence-electron chi connectivity index (χ3n) is 3.27. The first-order chi connectivity index (χ1) is 10.1. The van der Waals surface area contributed by atoms with Crippen LogP contribution in [0.25, 0.3) is 0 Å². The molecule has 2 heterocycles. The molecule has 0 saturated heterocycles. The summed E-state index contributed by atoms with van der Waals surface area (Å²) < 4.78 is 6.65. The molecule has 110 valence electrons. The number of ether oxygens (including phenoxy) is 1. The van der Waals surface area contributed by atoms with E-state index in [2.05, 4.69) is 32.6 Å². The van der Waals surface area contributed by atoms with Crippen molar-refractivity contribution >= 4 is 34.4 Å². The van der Waals surface area contributed by atoms with Crippen LogP contribution in [0, 0.1) is 3.57 Å². The topological polar surface area (TPSA) is 55.0 Å². The molecule has 1 aromatic carbocycles. The highest BCUT2D eigenvalue weighted by Crippen LogP contribution is 2.39. The van der Waals surface area contributed by atoms with E-state index in [4.69, 9.17) is 4.74 Å². The Labute approximate surface area is 140 Å². The molecular weight excluding hydrogens is 399 g/mol. The molecule has 21 heavy (non-hydrogen) atoms. The Morgan fingerprint density at radius 2 is 2.19 bits per heavy atom. The predicted molar refractivity (Wildman–Crippen MR) is 92.2 cm³/mol. The summed E-state index contributed by atoms with van der Waals surface area (Å²) in [5, 5.41) is 0. The summed E-state index contributed by atoms with van der Waals surface area (Å²) in [7, 11) is 0. The van der Waals surface area contributed by atoms with Crippen molar-refractivity contribution in [3.63, 3.8) is 0 Å². The lowest BCUT2D eigenvalue weighted by Crippen LogP contribution is -2.25. The van der Waals surface area contributed by atoms with Crippen molar-refractivity contribution in [3.05, 3.63) is 49.7 Å². The van der Waals surface area contributed by atoms with E-state index in [1.807, 2.05) is 38.1 Å². The molecule has 1 unspecified atom stereocenters. The number of thioether (sulfide) groups is 1. The zero-order chi connectivity index (χ0) is 15.0. The van der Waals surface area contributed by atoms with Crippen LogP contribution in [0.15, 0.2) is 34.0 Å². The van der Waals surface area contributed by atoms with E-state index >= 15 is 0 Å². The van der Waals surface area contributed by atoms with Crippen molar-refractivity contribution in [2.75, 3.05) is 5.75 Å². The van der Waals surface area contributed by atoms with Crippen LogP contribution in [-0.4, -0.2) is 15.7 Å². The van der Waals surface area contributed by atoms with Gasteiger partial charge in [0.1, 0.15) is 5.75 Å². The summed E-state index contributed by atoms with van der Waals surface area (Å²) in [6.07, 6.45) is -0.216. The molecule has 1 aliphatic rings. The zero-order valence-electron chi connectivity index (χ0n) is 11.7. The summed E-state index contributed by atoms with van der Waals surface area (Å²) in [5.41, 5.74) is 0.749. The number of benzene rings is 1. The molecule has 0 saturated carbocycles. The maximum atomic E-state index is 12.1. The molecule has 0 fully saturated rings. The average molecular weight is 414 g/mol. The molecule has 2 aromatic rings. The van der Waals surface area contributed by atoms with Gasteiger partial charge >= 0.3 is 0 Å². The lowest BCUT2D eigenvalue weighted by molar-refractivity contribution is 0.209. The second kappa shape index (κ2) is 6.00. The third-order valence-corrected chi connectivity index (χ3v) is 5.43. The van der Waals surface area contributed by atoms with Crippen LogP contribution in [0.4, 0.5) is 0 Å². The summed E-state index contributed by atoms with van der Waals surface area (Å²) in [5.74, 6) is 2.43. The van der Waals surface area contributed by atoms with Gasteiger partial charge in [0, 0.05) is 10.6 Å². The summed E-state index contributed by atoms with van der Waals surface area (Å²) >= 11 is 3.78. The first-order valence-electron chi connectivity index (χ1n) is 6.74. The number of H-pyrrole nitrogens is 1. The number of halogens is 1.